The number of hydrogen-bond donors (Lipinski definition) is 0. The highest BCUT2D eigenvalue weighted by atomic mass is 32.2. The van der Waals surface area contributed by atoms with Gasteiger partial charge < -0.3 is 4.90 Å². The molecular formula is C16H20F3NOS. The van der Waals surface area contributed by atoms with Gasteiger partial charge in [0.25, 0.3) is 0 Å². The molecule has 1 heterocycles. The SMILES string of the molecule is CC1CCN(C(=O)CSCc2cccc(C(F)(F)F)c2)CC1. The smallest absolute Gasteiger partial charge is 0.342 e. The van der Waals surface area contributed by atoms with Crippen molar-refractivity contribution in [2.75, 3.05) is 18.8 Å². The molecule has 0 aromatic heterocycles. The number of likely N-dealkylation sites (tertiary alicyclic amines) is 1. The zero-order valence-electron chi connectivity index (χ0n) is 12.5. The summed E-state index contributed by atoms with van der Waals surface area (Å²) < 4.78 is 37.9. The number of carbonyl (C=O) groups is 1. The molecule has 0 atom stereocenters. The molecule has 0 aliphatic carbocycles. The topological polar surface area (TPSA) is 20.3 Å². The molecule has 2 rings (SSSR count). The van der Waals surface area contributed by atoms with Gasteiger partial charge in [-0.05, 0) is 30.4 Å². The van der Waals surface area contributed by atoms with E-state index in [0.29, 0.717) is 23.0 Å². The number of benzene rings is 1. The Morgan fingerprint density at radius 1 is 1.32 bits per heavy atom. The molecule has 6 heteroatoms. The van der Waals surface area contributed by atoms with Crippen LogP contribution in [0.5, 0.6) is 0 Å². The number of thioether (sulfide) groups is 1. The quantitative estimate of drug-likeness (QED) is 0.824. The van der Waals surface area contributed by atoms with Crippen LogP contribution in [-0.2, 0) is 16.7 Å². The summed E-state index contributed by atoms with van der Waals surface area (Å²) in [5.41, 5.74) is -0.0400. The summed E-state index contributed by atoms with van der Waals surface area (Å²) in [6.07, 6.45) is -2.25. The van der Waals surface area contributed by atoms with Crippen molar-refractivity contribution in [3.8, 4) is 0 Å². The second-order valence-corrected chi connectivity index (χ2v) is 6.74. The van der Waals surface area contributed by atoms with E-state index < -0.39 is 11.7 Å². The maximum absolute atomic E-state index is 12.6. The number of carbonyl (C=O) groups excluding carboxylic acids is 1. The Morgan fingerprint density at radius 2 is 2.00 bits per heavy atom. The molecule has 1 aromatic rings. The lowest BCUT2D eigenvalue weighted by Gasteiger charge is -2.30. The fourth-order valence-electron chi connectivity index (χ4n) is 2.44. The largest absolute Gasteiger partial charge is 0.416 e. The average Bonchev–Trinajstić information content (AvgIpc) is 2.47. The molecule has 0 bridgehead atoms. The van der Waals surface area contributed by atoms with Gasteiger partial charge >= 0.3 is 6.18 Å². The fourth-order valence-corrected chi connectivity index (χ4v) is 3.32. The van der Waals surface area contributed by atoms with E-state index in [9.17, 15) is 18.0 Å². The molecule has 0 radical (unpaired) electrons. The van der Waals surface area contributed by atoms with Crippen LogP contribution in [0.1, 0.15) is 30.9 Å². The van der Waals surface area contributed by atoms with Crippen molar-refractivity contribution in [2.45, 2.75) is 31.7 Å². The standard InChI is InChI=1S/C16H20F3NOS/c1-12-5-7-20(8-6-12)15(21)11-22-10-13-3-2-4-14(9-13)16(17,18)19/h2-4,9,12H,5-8,10-11H2,1H3. The zero-order valence-corrected chi connectivity index (χ0v) is 13.3. The van der Waals surface area contributed by atoms with Gasteiger partial charge in [0.2, 0.25) is 5.91 Å². The third-order valence-electron chi connectivity index (χ3n) is 3.88. The maximum atomic E-state index is 12.6. The minimum Gasteiger partial charge on any atom is -0.342 e. The molecule has 0 unspecified atom stereocenters. The highest BCUT2D eigenvalue weighted by Crippen LogP contribution is 2.30. The summed E-state index contributed by atoms with van der Waals surface area (Å²) in [7, 11) is 0. The predicted molar refractivity (Wildman–Crippen MR) is 82.6 cm³/mol. The monoisotopic (exact) mass is 331 g/mol. The third-order valence-corrected chi connectivity index (χ3v) is 4.87. The summed E-state index contributed by atoms with van der Waals surface area (Å²) in [5.74, 6) is 1.50. The van der Waals surface area contributed by atoms with Crippen molar-refractivity contribution in [3.63, 3.8) is 0 Å². The first-order chi connectivity index (χ1) is 10.4. The van der Waals surface area contributed by atoms with Crippen LogP contribution in [0.4, 0.5) is 13.2 Å². The van der Waals surface area contributed by atoms with Crippen molar-refractivity contribution in [3.05, 3.63) is 35.4 Å². The van der Waals surface area contributed by atoms with Crippen molar-refractivity contribution in [1.29, 1.82) is 0 Å². The summed E-state index contributed by atoms with van der Waals surface area (Å²) in [5, 5.41) is 0. The molecule has 22 heavy (non-hydrogen) atoms. The average molecular weight is 331 g/mol. The molecule has 1 aromatic carbocycles. The number of alkyl halides is 3. The van der Waals surface area contributed by atoms with E-state index in [1.807, 2.05) is 4.90 Å². The Labute approximate surface area is 133 Å². The number of nitrogens with zero attached hydrogens (tertiary/aromatic N) is 1. The number of halogens is 3. The molecule has 1 aliphatic rings. The molecule has 0 saturated carbocycles. The van der Waals surface area contributed by atoms with Gasteiger partial charge in [-0.3, -0.25) is 4.79 Å². The number of piperidine rings is 1. The van der Waals surface area contributed by atoms with Crippen molar-refractivity contribution < 1.29 is 18.0 Å². The zero-order chi connectivity index (χ0) is 16.2. The summed E-state index contributed by atoms with van der Waals surface area (Å²) in [4.78, 5) is 13.9. The van der Waals surface area contributed by atoms with Crippen LogP contribution in [0.25, 0.3) is 0 Å². The van der Waals surface area contributed by atoms with Crippen LogP contribution in [0.3, 0.4) is 0 Å². The molecule has 0 N–H and O–H groups in total. The minimum absolute atomic E-state index is 0.0869. The lowest BCUT2D eigenvalue weighted by Crippen LogP contribution is -2.38. The number of rotatable bonds is 4. The molecule has 122 valence electrons. The van der Waals surface area contributed by atoms with Gasteiger partial charge in [-0.25, -0.2) is 0 Å². The fraction of sp³-hybridized carbons (Fsp3) is 0.562. The molecule has 1 fully saturated rings. The summed E-state index contributed by atoms with van der Waals surface area (Å²) in [6, 6.07) is 5.29. The third kappa shape index (κ3) is 4.93. The van der Waals surface area contributed by atoms with Crippen LogP contribution < -0.4 is 0 Å². The molecule has 2 nitrogen and oxygen atoms in total. The van der Waals surface area contributed by atoms with Gasteiger partial charge in [-0.15, -0.1) is 11.8 Å². The number of amides is 1. The summed E-state index contributed by atoms with van der Waals surface area (Å²) in [6.45, 7) is 3.78. The Bertz CT molecular complexity index is 510. The summed E-state index contributed by atoms with van der Waals surface area (Å²) >= 11 is 1.37. The van der Waals surface area contributed by atoms with E-state index in [2.05, 4.69) is 6.92 Å². The predicted octanol–water partition coefficient (Wildman–Crippen LogP) is 4.20. The lowest BCUT2D eigenvalue weighted by atomic mass is 9.99. The lowest BCUT2D eigenvalue weighted by molar-refractivity contribution is -0.137. The van der Waals surface area contributed by atoms with E-state index in [1.54, 1.807) is 6.07 Å². The van der Waals surface area contributed by atoms with Gasteiger partial charge in [0, 0.05) is 18.8 Å². The highest BCUT2D eigenvalue weighted by molar-refractivity contribution is 7.99. The van der Waals surface area contributed by atoms with E-state index in [-0.39, 0.29) is 5.91 Å². The molecular weight excluding hydrogens is 311 g/mol. The normalized spacial score (nSPS) is 16.8. The molecule has 1 aliphatic heterocycles. The number of hydrogen-bond acceptors (Lipinski definition) is 2. The molecule has 1 amide bonds. The second-order valence-electron chi connectivity index (χ2n) is 5.75. The van der Waals surface area contributed by atoms with Crippen LogP contribution in [-0.4, -0.2) is 29.6 Å². The van der Waals surface area contributed by atoms with Crippen molar-refractivity contribution >= 4 is 17.7 Å². The van der Waals surface area contributed by atoms with Crippen molar-refractivity contribution in [1.82, 2.24) is 4.90 Å². The van der Waals surface area contributed by atoms with Gasteiger partial charge in [-0.1, -0.05) is 25.1 Å². The van der Waals surface area contributed by atoms with E-state index >= 15 is 0 Å². The first-order valence-electron chi connectivity index (χ1n) is 7.38. The van der Waals surface area contributed by atoms with Gasteiger partial charge in [0.1, 0.15) is 0 Å². The van der Waals surface area contributed by atoms with E-state index in [0.717, 1.165) is 38.1 Å². The van der Waals surface area contributed by atoms with Gasteiger partial charge in [-0.2, -0.15) is 13.2 Å². The van der Waals surface area contributed by atoms with Crippen LogP contribution in [0.15, 0.2) is 24.3 Å². The Hall–Kier alpha value is -1.17. The first kappa shape index (κ1) is 17.2. The second kappa shape index (κ2) is 7.40. The van der Waals surface area contributed by atoms with Gasteiger partial charge in [0.05, 0.1) is 11.3 Å². The molecule has 1 saturated heterocycles. The van der Waals surface area contributed by atoms with Crippen molar-refractivity contribution in [2.24, 2.45) is 5.92 Å². The Morgan fingerprint density at radius 3 is 2.64 bits per heavy atom. The van der Waals surface area contributed by atoms with Crippen LogP contribution in [0, 0.1) is 5.92 Å². The highest BCUT2D eigenvalue weighted by Gasteiger charge is 2.30. The first-order valence-corrected chi connectivity index (χ1v) is 8.53. The maximum Gasteiger partial charge on any atom is 0.416 e. The van der Waals surface area contributed by atoms with Gasteiger partial charge in [0.15, 0.2) is 0 Å². The van der Waals surface area contributed by atoms with E-state index in [1.165, 1.54) is 17.8 Å². The Kier molecular flexibility index (Phi) is 5.78. The van der Waals surface area contributed by atoms with Crippen LogP contribution in [0.2, 0.25) is 0 Å². The minimum atomic E-state index is -4.32. The molecule has 0 spiro atoms. The van der Waals surface area contributed by atoms with Crippen LogP contribution >= 0.6 is 11.8 Å². The van der Waals surface area contributed by atoms with E-state index in [4.69, 9.17) is 0 Å². The Balaban J connectivity index is 1.80.